The molecule has 70 valence electrons. The van der Waals surface area contributed by atoms with Crippen LogP contribution in [-0.4, -0.2) is 40.7 Å². The van der Waals surface area contributed by atoms with Gasteiger partial charge in [0.1, 0.15) is 12.9 Å². The van der Waals surface area contributed by atoms with E-state index in [0.29, 0.717) is 0 Å². The monoisotopic (exact) mass is 184 g/mol. The van der Waals surface area contributed by atoms with Gasteiger partial charge < -0.3 is 10.1 Å². The second kappa shape index (κ2) is 4.19. The van der Waals surface area contributed by atoms with Crippen molar-refractivity contribution in [1.29, 1.82) is 0 Å². The molecule has 0 aliphatic carbocycles. The summed E-state index contributed by atoms with van der Waals surface area (Å²) < 4.78 is 4.32. The van der Waals surface area contributed by atoms with Crippen molar-refractivity contribution in [3.8, 4) is 0 Å². The SMILES string of the molecule is COC(=O)CNC(=O)c1ncn[nH]1. The van der Waals surface area contributed by atoms with E-state index in [0.717, 1.165) is 0 Å². The molecule has 0 unspecified atom stereocenters. The van der Waals surface area contributed by atoms with Crippen molar-refractivity contribution in [3.63, 3.8) is 0 Å². The molecule has 1 amide bonds. The Morgan fingerprint density at radius 2 is 2.46 bits per heavy atom. The number of rotatable bonds is 3. The van der Waals surface area contributed by atoms with Gasteiger partial charge in [0.15, 0.2) is 0 Å². The largest absolute Gasteiger partial charge is 0.468 e. The Morgan fingerprint density at radius 3 is 3.00 bits per heavy atom. The van der Waals surface area contributed by atoms with Gasteiger partial charge in [-0.25, -0.2) is 4.98 Å². The minimum atomic E-state index is -0.520. The number of amides is 1. The predicted molar refractivity (Wildman–Crippen MR) is 40.7 cm³/mol. The standard InChI is InChI=1S/C6H8N4O3/c1-13-4(11)2-7-6(12)5-8-3-9-10-5/h3H,2H2,1H3,(H,7,12)(H,8,9,10). The first-order chi connectivity index (χ1) is 6.24. The van der Waals surface area contributed by atoms with Crippen molar-refractivity contribution in [2.45, 2.75) is 0 Å². The van der Waals surface area contributed by atoms with Gasteiger partial charge in [-0.15, -0.1) is 0 Å². The fraction of sp³-hybridized carbons (Fsp3) is 0.333. The first-order valence-corrected chi connectivity index (χ1v) is 3.44. The highest BCUT2D eigenvalue weighted by atomic mass is 16.5. The summed E-state index contributed by atoms with van der Waals surface area (Å²) in [5.41, 5.74) is 0. The van der Waals surface area contributed by atoms with Crippen molar-refractivity contribution in [1.82, 2.24) is 20.5 Å². The molecule has 0 radical (unpaired) electrons. The van der Waals surface area contributed by atoms with Gasteiger partial charge in [0.05, 0.1) is 7.11 Å². The van der Waals surface area contributed by atoms with E-state index in [-0.39, 0.29) is 12.4 Å². The van der Waals surface area contributed by atoms with Crippen LogP contribution in [0.15, 0.2) is 6.33 Å². The summed E-state index contributed by atoms with van der Waals surface area (Å²) in [6.07, 6.45) is 1.20. The van der Waals surface area contributed by atoms with Crippen LogP contribution in [0.2, 0.25) is 0 Å². The van der Waals surface area contributed by atoms with Crippen LogP contribution in [0.1, 0.15) is 10.6 Å². The van der Waals surface area contributed by atoms with E-state index in [1.807, 2.05) is 0 Å². The molecule has 0 atom stereocenters. The number of aromatic amines is 1. The lowest BCUT2D eigenvalue weighted by Gasteiger charge is -1.99. The van der Waals surface area contributed by atoms with Gasteiger partial charge in [-0.3, -0.25) is 14.7 Å². The third kappa shape index (κ3) is 2.55. The second-order valence-corrected chi connectivity index (χ2v) is 2.09. The predicted octanol–water partition coefficient (Wildman–Crippen LogP) is -1.29. The fourth-order valence-corrected chi connectivity index (χ4v) is 0.623. The summed E-state index contributed by atoms with van der Waals surface area (Å²) in [5.74, 6) is -0.959. The van der Waals surface area contributed by atoms with Gasteiger partial charge in [-0.05, 0) is 0 Å². The molecule has 1 aromatic rings. The Morgan fingerprint density at radius 1 is 1.69 bits per heavy atom. The molecule has 0 aromatic carbocycles. The molecular formula is C6H8N4O3. The number of carbonyl (C=O) groups excluding carboxylic acids is 2. The Labute approximate surface area is 73.5 Å². The summed E-state index contributed by atoms with van der Waals surface area (Å²) in [7, 11) is 1.24. The molecule has 0 spiro atoms. The van der Waals surface area contributed by atoms with Gasteiger partial charge in [-0.1, -0.05) is 0 Å². The van der Waals surface area contributed by atoms with Gasteiger partial charge in [0.25, 0.3) is 5.91 Å². The van der Waals surface area contributed by atoms with E-state index in [9.17, 15) is 9.59 Å². The molecule has 13 heavy (non-hydrogen) atoms. The molecule has 0 aliphatic rings. The van der Waals surface area contributed by atoms with Crippen LogP contribution in [-0.2, 0) is 9.53 Å². The average Bonchev–Trinajstić information content (AvgIpc) is 2.66. The van der Waals surface area contributed by atoms with Crippen molar-refractivity contribution >= 4 is 11.9 Å². The number of carbonyl (C=O) groups is 2. The van der Waals surface area contributed by atoms with Crippen molar-refractivity contribution in [3.05, 3.63) is 12.2 Å². The first kappa shape index (κ1) is 9.17. The lowest BCUT2D eigenvalue weighted by Crippen LogP contribution is -2.30. The van der Waals surface area contributed by atoms with Crippen LogP contribution in [0.3, 0.4) is 0 Å². The summed E-state index contributed by atoms with van der Waals surface area (Å²) in [6, 6.07) is 0. The number of hydrogen-bond acceptors (Lipinski definition) is 5. The number of ether oxygens (including phenoxy) is 1. The molecule has 1 aromatic heterocycles. The van der Waals surface area contributed by atoms with E-state index in [2.05, 4.69) is 25.2 Å². The number of methoxy groups -OCH3 is 1. The number of esters is 1. The van der Waals surface area contributed by atoms with Crippen molar-refractivity contribution in [2.75, 3.05) is 13.7 Å². The minimum Gasteiger partial charge on any atom is -0.468 e. The smallest absolute Gasteiger partial charge is 0.325 e. The van der Waals surface area contributed by atoms with E-state index in [4.69, 9.17) is 0 Å². The maximum absolute atomic E-state index is 11.1. The topological polar surface area (TPSA) is 97.0 Å². The van der Waals surface area contributed by atoms with Gasteiger partial charge in [0, 0.05) is 0 Å². The van der Waals surface area contributed by atoms with Crippen molar-refractivity contribution < 1.29 is 14.3 Å². The van der Waals surface area contributed by atoms with Crippen molar-refractivity contribution in [2.24, 2.45) is 0 Å². The molecular weight excluding hydrogens is 176 g/mol. The molecule has 0 saturated heterocycles. The van der Waals surface area contributed by atoms with Gasteiger partial charge in [0.2, 0.25) is 5.82 Å². The fourth-order valence-electron chi connectivity index (χ4n) is 0.623. The number of aromatic nitrogens is 3. The molecule has 0 bridgehead atoms. The van der Waals surface area contributed by atoms with E-state index >= 15 is 0 Å². The maximum Gasteiger partial charge on any atom is 0.325 e. The minimum absolute atomic E-state index is 0.0592. The van der Waals surface area contributed by atoms with Crippen LogP contribution in [0.25, 0.3) is 0 Å². The highest BCUT2D eigenvalue weighted by Crippen LogP contribution is 1.84. The normalized spacial score (nSPS) is 9.31. The number of nitrogens with zero attached hydrogens (tertiary/aromatic N) is 2. The summed E-state index contributed by atoms with van der Waals surface area (Å²) >= 11 is 0. The first-order valence-electron chi connectivity index (χ1n) is 3.44. The highest BCUT2D eigenvalue weighted by Gasteiger charge is 2.09. The molecule has 7 nitrogen and oxygen atoms in total. The van der Waals surface area contributed by atoms with Crippen LogP contribution in [0, 0.1) is 0 Å². The maximum atomic E-state index is 11.1. The Kier molecular flexibility index (Phi) is 2.96. The number of H-pyrrole nitrogens is 1. The zero-order valence-corrected chi connectivity index (χ0v) is 6.90. The molecule has 0 fully saturated rings. The van der Waals surface area contributed by atoms with E-state index in [1.54, 1.807) is 0 Å². The zero-order chi connectivity index (χ0) is 9.68. The van der Waals surface area contributed by atoms with Gasteiger partial charge in [-0.2, -0.15) is 5.10 Å². The lowest BCUT2D eigenvalue weighted by atomic mass is 10.5. The zero-order valence-electron chi connectivity index (χ0n) is 6.90. The van der Waals surface area contributed by atoms with Crippen LogP contribution in [0.4, 0.5) is 0 Å². The number of nitrogens with one attached hydrogen (secondary N) is 2. The second-order valence-electron chi connectivity index (χ2n) is 2.09. The molecule has 0 saturated carbocycles. The van der Waals surface area contributed by atoms with Crippen LogP contribution < -0.4 is 5.32 Å². The molecule has 0 aliphatic heterocycles. The van der Waals surface area contributed by atoms with E-state index < -0.39 is 11.9 Å². The Hall–Kier alpha value is -1.92. The summed E-state index contributed by atoms with van der Waals surface area (Å²) in [5, 5.41) is 8.12. The third-order valence-electron chi connectivity index (χ3n) is 1.25. The van der Waals surface area contributed by atoms with E-state index in [1.165, 1.54) is 13.4 Å². The number of hydrogen-bond donors (Lipinski definition) is 2. The molecule has 7 heteroatoms. The lowest BCUT2D eigenvalue weighted by molar-refractivity contribution is -0.139. The Balaban J connectivity index is 2.39. The highest BCUT2D eigenvalue weighted by molar-refractivity contribution is 5.92. The van der Waals surface area contributed by atoms with Crippen LogP contribution in [0.5, 0.6) is 0 Å². The van der Waals surface area contributed by atoms with Gasteiger partial charge >= 0.3 is 5.97 Å². The summed E-state index contributed by atoms with van der Waals surface area (Å²) in [4.78, 5) is 25.3. The summed E-state index contributed by atoms with van der Waals surface area (Å²) in [6.45, 7) is -0.184. The third-order valence-corrected chi connectivity index (χ3v) is 1.25. The average molecular weight is 184 g/mol. The van der Waals surface area contributed by atoms with Crippen LogP contribution >= 0.6 is 0 Å². The molecule has 2 N–H and O–H groups in total. The molecule has 1 heterocycles. The molecule has 1 rings (SSSR count). The Bertz CT molecular complexity index is 295. The quantitative estimate of drug-likeness (QED) is 0.569.